The Labute approximate surface area is 79.5 Å². The van der Waals surface area contributed by atoms with E-state index in [1.54, 1.807) is 0 Å². The van der Waals surface area contributed by atoms with Crippen LogP contribution < -0.4 is 5.32 Å². The van der Waals surface area contributed by atoms with Crippen LogP contribution >= 0.6 is 0 Å². The Morgan fingerprint density at radius 1 is 1.54 bits per heavy atom. The molecule has 3 heteroatoms. The number of carboxylic acid groups (broad SMARTS) is 1. The van der Waals surface area contributed by atoms with Crippen molar-refractivity contribution in [2.45, 2.75) is 57.5 Å². The summed E-state index contributed by atoms with van der Waals surface area (Å²) in [4.78, 5) is 10.8. The lowest BCUT2D eigenvalue weighted by Gasteiger charge is -2.44. The van der Waals surface area contributed by atoms with Crippen molar-refractivity contribution in [3.63, 3.8) is 0 Å². The van der Waals surface area contributed by atoms with Gasteiger partial charge >= 0.3 is 5.97 Å². The zero-order chi connectivity index (χ0) is 9.90. The minimum Gasteiger partial charge on any atom is -0.480 e. The highest BCUT2D eigenvalue weighted by molar-refractivity contribution is 5.73. The number of carboxylic acids is 1. The minimum atomic E-state index is -0.720. The van der Waals surface area contributed by atoms with Crippen molar-refractivity contribution >= 4 is 5.97 Å². The Balaban J connectivity index is 2.48. The number of rotatable bonds is 5. The van der Waals surface area contributed by atoms with Crippen molar-refractivity contribution in [1.29, 1.82) is 0 Å². The molecule has 0 amide bonds. The number of aliphatic carboxylic acids is 1. The van der Waals surface area contributed by atoms with Gasteiger partial charge < -0.3 is 5.11 Å². The summed E-state index contributed by atoms with van der Waals surface area (Å²) in [5.41, 5.74) is 0.138. The smallest absolute Gasteiger partial charge is 0.320 e. The second-order valence-corrected chi connectivity index (χ2v) is 3.93. The third-order valence-corrected chi connectivity index (χ3v) is 3.17. The van der Waals surface area contributed by atoms with E-state index in [1.807, 2.05) is 6.92 Å². The second-order valence-electron chi connectivity index (χ2n) is 3.93. The number of nitrogens with one attached hydrogen (secondary N) is 1. The largest absolute Gasteiger partial charge is 0.480 e. The third-order valence-electron chi connectivity index (χ3n) is 3.17. The molecule has 2 N–H and O–H groups in total. The fraction of sp³-hybridized carbons (Fsp3) is 0.900. The second kappa shape index (κ2) is 4.09. The topological polar surface area (TPSA) is 49.3 Å². The van der Waals surface area contributed by atoms with Gasteiger partial charge in [0.2, 0.25) is 0 Å². The van der Waals surface area contributed by atoms with Crippen molar-refractivity contribution in [2.24, 2.45) is 0 Å². The maximum absolute atomic E-state index is 10.8. The Hall–Kier alpha value is -0.570. The molecule has 0 saturated heterocycles. The summed E-state index contributed by atoms with van der Waals surface area (Å²) in [6.07, 6.45) is 5.20. The van der Waals surface area contributed by atoms with E-state index in [0.29, 0.717) is 6.42 Å². The van der Waals surface area contributed by atoms with Gasteiger partial charge in [-0.15, -0.1) is 0 Å². The molecule has 0 aromatic rings. The molecule has 1 unspecified atom stereocenters. The normalized spacial score (nSPS) is 22.0. The van der Waals surface area contributed by atoms with Gasteiger partial charge in [0.1, 0.15) is 6.04 Å². The summed E-state index contributed by atoms with van der Waals surface area (Å²) in [5, 5.41) is 12.2. The van der Waals surface area contributed by atoms with Gasteiger partial charge in [-0.3, -0.25) is 10.1 Å². The van der Waals surface area contributed by atoms with Crippen molar-refractivity contribution in [3.8, 4) is 0 Å². The summed E-state index contributed by atoms with van der Waals surface area (Å²) >= 11 is 0. The van der Waals surface area contributed by atoms with Crippen LogP contribution in [0.2, 0.25) is 0 Å². The molecule has 1 aliphatic rings. The lowest BCUT2D eigenvalue weighted by molar-refractivity contribution is -0.140. The number of hydrogen-bond acceptors (Lipinski definition) is 2. The van der Waals surface area contributed by atoms with E-state index in [0.717, 1.165) is 19.3 Å². The zero-order valence-corrected chi connectivity index (χ0v) is 8.47. The van der Waals surface area contributed by atoms with Gasteiger partial charge in [0, 0.05) is 5.54 Å². The fourth-order valence-corrected chi connectivity index (χ4v) is 1.91. The molecule has 1 saturated carbocycles. The van der Waals surface area contributed by atoms with Gasteiger partial charge in [0.05, 0.1) is 0 Å². The monoisotopic (exact) mass is 185 g/mol. The molecule has 76 valence electrons. The van der Waals surface area contributed by atoms with Crippen molar-refractivity contribution in [1.82, 2.24) is 5.32 Å². The van der Waals surface area contributed by atoms with Crippen LogP contribution in [0.4, 0.5) is 0 Å². The number of hydrogen-bond donors (Lipinski definition) is 2. The van der Waals surface area contributed by atoms with Crippen molar-refractivity contribution in [3.05, 3.63) is 0 Å². The predicted molar refractivity (Wildman–Crippen MR) is 51.7 cm³/mol. The van der Waals surface area contributed by atoms with Gasteiger partial charge in [0.15, 0.2) is 0 Å². The maximum atomic E-state index is 10.8. The highest BCUT2D eigenvalue weighted by Gasteiger charge is 2.37. The fourth-order valence-electron chi connectivity index (χ4n) is 1.91. The minimum absolute atomic E-state index is 0.138. The molecular formula is C10H19NO2. The molecule has 1 atom stereocenters. The van der Waals surface area contributed by atoms with E-state index in [2.05, 4.69) is 12.2 Å². The molecule has 0 aromatic carbocycles. The van der Waals surface area contributed by atoms with Crippen LogP contribution in [0, 0.1) is 0 Å². The molecule has 1 aliphatic carbocycles. The van der Waals surface area contributed by atoms with E-state index in [9.17, 15) is 4.79 Å². The van der Waals surface area contributed by atoms with Gasteiger partial charge in [0.25, 0.3) is 0 Å². The van der Waals surface area contributed by atoms with Gasteiger partial charge in [-0.2, -0.15) is 0 Å². The summed E-state index contributed by atoms with van der Waals surface area (Å²) in [5.74, 6) is -0.720. The summed E-state index contributed by atoms with van der Waals surface area (Å²) < 4.78 is 0. The highest BCUT2D eigenvalue weighted by atomic mass is 16.4. The molecule has 1 fully saturated rings. The first-order valence-electron chi connectivity index (χ1n) is 5.14. The summed E-state index contributed by atoms with van der Waals surface area (Å²) in [6.45, 7) is 4.04. The highest BCUT2D eigenvalue weighted by Crippen LogP contribution is 2.35. The molecule has 3 nitrogen and oxygen atoms in total. The molecule has 1 rings (SSSR count). The van der Waals surface area contributed by atoms with Crippen LogP contribution in [0.15, 0.2) is 0 Å². The average Bonchev–Trinajstić information content (AvgIpc) is 2.03. The quantitative estimate of drug-likeness (QED) is 0.686. The molecule has 0 aromatic heterocycles. The predicted octanol–water partition coefficient (Wildman–Crippen LogP) is 1.77. The maximum Gasteiger partial charge on any atom is 0.320 e. The van der Waals surface area contributed by atoms with E-state index in [1.165, 1.54) is 6.42 Å². The van der Waals surface area contributed by atoms with Crippen molar-refractivity contribution < 1.29 is 9.90 Å². The first kappa shape index (κ1) is 10.5. The summed E-state index contributed by atoms with van der Waals surface area (Å²) in [7, 11) is 0. The van der Waals surface area contributed by atoms with Gasteiger partial charge in [-0.1, -0.05) is 13.8 Å². The first-order chi connectivity index (χ1) is 6.13. The molecular weight excluding hydrogens is 166 g/mol. The lowest BCUT2D eigenvalue weighted by atomic mass is 9.74. The van der Waals surface area contributed by atoms with E-state index >= 15 is 0 Å². The van der Waals surface area contributed by atoms with E-state index in [-0.39, 0.29) is 11.6 Å². The molecule has 0 bridgehead atoms. The molecule has 0 heterocycles. The SMILES string of the molecule is CCC(NC1(CC)CCC1)C(=O)O. The van der Waals surface area contributed by atoms with Gasteiger partial charge in [-0.05, 0) is 32.1 Å². The van der Waals surface area contributed by atoms with Crippen LogP contribution in [-0.4, -0.2) is 22.7 Å². The zero-order valence-electron chi connectivity index (χ0n) is 8.47. The third kappa shape index (κ3) is 2.21. The van der Waals surface area contributed by atoms with Crippen LogP contribution in [0.25, 0.3) is 0 Å². The van der Waals surface area contributed by atoms with Crippen LogP contribution in [0.1, 0.15) is 46.0 Å². The molecule has 0 spiro atoms. The average molecular weight is 185 g/mol. The van der Waals surface area contributed by atoms with Gasteiger partial charge in [-0.25, -0.2) is 0 Å². The molecule has 13 heavy (non-hydrogen) atoms. The molecule has 0 radical (unpaired) electrons. The van der Waals surface area contributed by atoms with E-state index in [4.69, 9.17) is 5.11 Å². The lowest BCUT2D eigenvalue weighted by Crippen LogP contribution is -2.56. The Morgan fingerprint density at radius 3 is 2.38 bits per heavy atom. The number of carbonyl (C=O) groups is 1. The Morgan fingerprint density at radius 2 is 2.15 bits per heavy atom. The first-order valence-corrected chi connectivity index (χ1v) is 5.14. The standard InChI is InChI=1S/C10H19NO2/c1-3-8(9(12)13)11-10(4-2)6-5-7-10/h8,11H,3-7H2,1-2H3,(H,12,13). The van der Waals surface area contributed by atoms with Crippen LogP contribution in [-0.2, 0) is 4.79 Å². The van der Waals surface area contributed by atoms with Crippen LogP contribution in [0.5, 0.6) is 0 Å². The Bertz CT molecular complexity index is 182. The van der Waals surface area contributed by atoms with Crippen LogP contribution in [0.3, 0.4) is 0 Å². The van der Waals surface area contributed by atoms with Crippen molar-refractivity contribution in [2.75, 3.05) is 0 Å². The van der Waals surface area contributed by atoms with E-state index < -0.39 is 5.97 Å². The molecule has 0 aliphatic heterocycles. The summed E-state index contributed by atoms with van der Waals surface area (Å²) in [6, 6.07) is -0.361. The Kier molecular flexibility index (Phi) is 3.31.